The van der Waals surface area contributed by atoms with Gasteiger partial charge in [0, 0.05) is 43.1 Å². The van der Waals surface area contributed by atoms with Crippen LogP contribution in [0.5, 0.6) is 0 Å². The third kappa shape index (κ3) is 5.79. The molecule has 1 amide bonds. The highest BCUT2D eigenvalue weighted by Gasteiger charge is 2.10. The molecule has 0 fully saturated rings. The molecule has 6 heteroatoms. The lowest BCUT2D eigenvalue weighted by molar-refractivity contribution is 0.0956. The first-order chi connectivity index (χ1) is 14.9. The van der Waals surface area contributed by atoms with Gasteiger partial charge in [0.2, 0.25) is 0 Å². The Labute approximate surface area is 188 Å². The van der Waals surface area contributed by atoms with Crippen molar-refractivity contribution in [3.05, 3.63) is 69.0 Å². The number of aromatic nitrogens is 1. The quantitative estimate of drug-likeness (QED) is 0.383. The summed E-state index contributed by atoms with van der Waals surface area (Å²) < 4.78 is 0. The third-order valence-corrected chi connectivity index (χ3v) is 6.07. The first-order valence-electron chi connectivity index (χ1n) is 10.6. The smallest absolute Gasteiger partial charge is 0.251 e. The van der Waals surface area contributed by atoms with Crippen molar-refractivity contribution in [2.45, 2.75) is 34.1 Å². The van der Waals surface area contributed by atoms with Crippen molar-refractivity contribution in [2.75, 3.05) is 20.1 Å². The predicted molar refractivity (Wildman–Crippen MR) is 131 cm³/mol. The Kier molecular flexibility index (Phi) is 7.58. The maximum atomic E-state index is 11.9. The summed E-state index contributed by atoms with van der Waals surface area (Å²) in [5, 5.41) is 5.98. The lowest BCUT2D eigenvalue weighted by Gasteiger charge is -2.11. The minimum atomic E-state index is -0.0482. The molecule has 1 aromatic heterocycles. The van der Waals surface area contributed by atoms with Gasteiger partial charge in [0.25, 0.3) is 5.91 Å². The van der Waals surface area contributed by atoms with Gasteiger partial charge in [-0.3, -0.25) is 4.79 Å². The van der Waals surface area contributed by atoms with E-state index in [-0.39, 0.29) is 5.91 Å². The van der Waals surface area contributed by atoms with Gasteiger partial charge in [-0.05, 0) is 62.6 Å². The van der Waals surface area contributed by atoms with E-state index in [1.807, 2.05) is 44.6 Å². The molecule has 3 aromatic rings. The summed E-state index contributed by atoms with van der Waals surface area (Å²) in [6, 6.07) is 12.0. The zero-order valence-electron chi connectivity index (χ0n) is 18.9. The Balaban J connectivity index is 1.74. The van der Waals surface area contributed by atoms with E-state index in [4.69, 9.17) is 4.98 Å². The van der Waals surface area contributed by atoms with Gasteiger partial charge in [0.05, 0.1) is 22.7 Å². The highest BCUT2D eigenvalue weighted by Crippen LogP contribution is 2.28. The van der Waals surface area contributed by atoms with Crippen LogP contribution in [0, 0.1) is 13.8 Å². The van der Waals surface area contributed by atoms with Gasteiger partial charge in [0.1, 0.15) is 0 Å². The molecular formula is C25H30N4OS. The number of aryl methyl sites for hydroxylation is 2. The molecule has 0 unspecified atom stereocenters. The molecule has 0 atom stereocenters. The zero-order chi connectivity index (χ0) is 22.4. The molecule has 5 nitrogen and oxygen atoms in total. The van der Waals surface area contributed by atoms with E-state index in [0.29, 0.717) is 12.1 Å². The summed E-state index contributed by atoms with van der Waals surface area (Å²) in [7, 11) is 2.02. The molecule has 162 valence electrons. The number of thiazole rings is 1. The molecule has 1 heterocycles. The third-order valence-electron chi connectivity index (χ3n) is 5.22. The number of amides is 1. The van der Waals surface area contributed by atoms with Crippen molar-refractivity contribution in [1.29, 1.82) is 0 Å². The van der Waals surface area contributed by atoms with Gasteiger partial charge in [-0.25, -0.2) is 9.98 Å². The van der Waals surface area contributed by atoms with E-state index >= 15 is 0 Å². The van der Waals surface area contributed by atoms with Crippen LogP contribution < -0.4 is 5.32 Å². The zero-order valence-corrected chi connectivity index (χ0v) is 19.7. The topological polar surface area (TPSA) is 57.6 Å². The number of hydrogen-bond donors (Lipinski definition) is 1. The van der Waals surface area contributed by atoms with Gasteiger partial charge in [-0.15, -0.1) is 11.3 Å². The fourth-order valence-corrected chi connectivity index (χ4v) is 4.00. The molecular weight excluding hydrogens is 404 g/mol. The highest BCUT2D eigenvalue weighted by atomic mass is 32.1. The fraction of sp³-hybridized carbons (Fsp3) is 0.320. The second-order valence-electron chi connectivity index (χ2n) is 7.62. The molecule has 0 spiro atoms. The SMILES string of the molecule is CCNC(=O)c1ccc(-c2csc(Cc3cc(C)c(N=CN(C)CC)cc3C)n2)cc1. The van der Waals surface area contributed by atoms with Crippen LogP contribution in [0.3, 0.4) is 0 Å². The normalized spacial score (nSPS) is 11.1. The number of aliphatic imine (C=N–C) groups is 1. The minimum Gasteiger partial charge on any atom is -0.366 e. The van der Waals surface area contributed by atoms with Gasteiger partial charge >= 0.3 is 0 Å². The molecule has 0 aliphatic carbocycles. The average Bonchev–Trinajstić information content (AvgIpc) is 3.23. The molecule has 0 saturated heterocycles. The Morgan fingerprint density at radius 2 is 1.90 bits per heavy atom. The second-order valence-corrected chi connectivity index (χ2v) is 8.57. The molecule has 0 bridgehead atoms. The molecule has 3 rings (SSSR count). The summed E-state index contributed by atoms with van der Waals surface area (Å²) in [6.45, 7) is 9.81. The molecule has 0 saturated carbocycles. The lowest BCUT2D eigenvalue weighted by atomic mass is 10.0. The summed E-state index contributed by atoms with van der Waals surface area (Å²) in [4.78, 5) is 23.4. The largest absolute Gasteiger partial charge is 0.366 e. The Morgan fingerprint density at radius 3 is 2.58 bits per heavy atom. The fourth-order valence-electron chi connectivity index (χ4n) is 3.18. The van der Waals surface area contributed by atoms with Crippen LogP contribution in [0.2, 0.25) is 0 Å². The number of rotatable bonds is 8. The van der Waals surface area contributed by atoms with Crippen molar-refractivity contribution in [2.24, 2.45) is 4.99 Å². The van der Waals surface area contributed by atoms with Crippen LogP contribution in [0.25, 0.3) is 11.3 Å². The second kappa shape index (κ2) is 10.4. The summed E-state index contributed by atoms with van der Waals surface area (Å²) in [6.07, 6.45) is 2.68. The van der Waals surface area contributed by atoms with E-state index in [1.165, 1.54) is 16.7 Å². The maximum absolute atomic E-state index is 11.9. The highest BCUT2D eigenvalue weighted by molar-refractivity contribution is 7.10. The molecule has 0 radical (unpaired) electrons. The van der Waals surface area contributed by atoms with E-state index in [1.54, 1.807) is 11.3 Å². The number of nitrogens with one attached hydrogen (secondary N) is 1. The van der Waals surface area contributed by atoms with Crippen LogP contribution >= 0.6 is 11.3 Å². The van der Waals surface area contributed by atoms with Gasteiger partial charge in [-0.1, -0.05) is 18.2 Å². The first kappa shape index (κ1) is 22.7. The van der Waals surface area contributed by atoms with Crippen LogP contribution in [0.1, 0.15) is 45.9 Å². The van der Waals surface area contributed by atoms with Crippen LogP contribution in [-0.4, -0.2) is 42.3 Å². The van der Waals surface area contributed by atoms with Crippen LogP contribution in [0.15, 0.2) is 46.8 Å². The lowest BCUT2D eigenvalue weighted by Crippen LogP contribution is -2.22. The number of carbonyl (C=O) groups excluding carboxylic acids is 1. The molecule has 1 N–H and O–H groups in total. The predicted octanol–water partition coefficient (Wildman–Crippen LogP) is 5.38. The summed E-state index contributed by atoms with van der Waals surface area (Å²) >= 11 is 1.67. The summed E-state index contributed by atoms with van der Waals surface area (Å²) in [5.74, 6) is -0.0482. The van der Waals surface area contributed by atoms with Gasteiger partial charge < -0.3 is 10.2 Å². The van der Waals surface area contributed by atoms with Gasteiger partial charge in [-0.2, -0.15) is 0 Å². The van der Waals surface area contributed by atoms with Gasteiger partial charge in [0.15, 0.2) is 0 Å². The Morgan fingerprint density at radius 1 is 1.16 bits per heavy atom. The van der Waals surface area contributed by atoms with E-state index < -0.39 is 0 Å². The van der Waals surface area contributed by atoms with Crippen LogP contribution in [-0.2, 0) is 6.42 Å². The first-order valence-corrected chi connectivity index (χ1v) is 11.5. The number of benzene rings is 2. The molecule has 31 heavy (non-hydrogen) atoms. The number of nitrogens with zero attached hydrogens (tertiary/aromatic N) is 3. The van der Waals surface area contributed by atoms with Crippen LogP contribution in [0.4, 0.5) is 5.69 Å². The maximum Gasteiger partial charge on any atom is 0.251 e. The van der Waals surface area contributed by atoms with E-state index in [2.05, 4.69) is 53.5 Å². The van der Waals surface area contributed by atoms with E-state index in [0.717, 1.165) is 34.9 Å². The van der Waals surface area contributed by atoms with Crippen molar-refractivity contribution in [3.63, 3.8) is 0 Å². The standard InChI is InChI=1S/C25H30N4OS/c1-6-26-25(30)20-10-8-19(9-11-20)23-15-31-24(28-23)14-21-12-18(4)22(13-17(21)3)27-16-29(5)7-2/h8-13,15-16H,6-7,14H2,1-5H3,(H,26,30). The number of carbonyl (C=O) groups is 1. The average molecular weight is 435 g/mol. The molecule has 2 aromatic carbocycles. The Hall–Kier alpha value is -2.99. The Bertz CT molecular complexity index is 1070. The van der Waals surface area contributed by atoms with E-state index in [9.17, 15) is 4.79 Å². The monoisotopic (exact) mass is 434 g/mol. The van der Waals surface area contributed by atoms with Crippen molar-refractivity contribution in [3.8, 4) is 11.3 Å². The van der Waals surface area contributed by atoms with Crippen molar-refractivity contribution < 1.29 is 4.79 Å². The van der Waals surface area contributed by atoms with Crippen molar-refractivity contribution >= 4 is 29.3 Å². The van der Waals surface area contributed by atoms with Crippen molar-refractivity contribution in [1.82, 2.24) is 15.2 Å². The minimum absolute atomic E-state index is 0.0482. The molecule has 0 aliphatic rings. The number of hydrogen-bond acceptors (Lipinski definition) is 4. The summed E-state index contributed by atoms with van der Waals surface area (Å²) in [5.41, 5.74) is 7.30. The molecule has 0 aliphatic heterocycles.